The Labute approximate surface area is 204 Å². The van der Waals surface area contributed by atoms with Crippen LogP contribution in [-0.2, 0) is 4.74 Å². The van der Waals surface area contributed by atoms with E-state index in [1.54, 1.807) is 0 Å². The number of ether oxygens (including phenoxy) is 1. The van der Waals surface area contributed by atoms with Crippen molar-refractivity contribution in [2.75, 3.05) is 13.2 Å². The first-order valence-corrected chi connectivity index (χ1v) is 14.6. The van der Waals surface area contributed by atoms with Gasteiger partial charge in [0.2, 0.25) is 0 Å². The van der Waals surface area contributed by atoms with E-state index in [9.17, 15) is 10.2 Å². The lowest BCUT2D eigenvalue weighted by atomic mass is 9.44. The highest BCUT2D eigenvalue weighted by atomic mass is 16.5. The summed E-state index contributed by atoms with van der Waals surface area (Å²) in [4.78, 5) is 0. The number of hydrogen-bond donors (Lipinski definition) is 2. The van der Waals surface area contributed by atoms with E-state index in [1.165, 1.54) is 77.0 Å². The van der Waals surface area contributed by atoms with Crippen LogP contribution < -0.4 is 0 Å². The molecule has 3 unspecified atom stereocenters. The monoisotopic (exact) mass is 462 g/mol. The summed E-state index contributed by atoms with van der Waals surface area (Å²) >= 11 is 0. The normalized spacial score (nSPS) is 44.7. The first-order valence-electron chi connectivity index (χ1n) is 14.6. The van der Waals surface area contributed by atoms with Crippen molar-refractivity contribution in [1.29, 1.82) is 0 Å². The van der Waals surface area contributed by atoms with Crippen molar-refractivity contribution in [3.63, 3.8) is 0 Å². The van der Waals surface area contributed by atoms with Crippen molar-refractivity contribution in [3.05, 3.63) is 0 Å². The Morgan fingerprint density at radius 2 is 1.70 bits per heavy atom. The van der Waals surface area contributed by atoms with Gasteiger partial charge in [0.25, 0.3) is 0 Å². The van der Waals surface area contributed by atoms with Crippen LogP contribution in [0.1, 0.15) is 112 Å². The second-order valence-electron chi connectivity index (χ2n) is 13.7. The fraction of sp³-hybridized carbons (Fsp3) is 1.00. The molecule has 0 spiro atoms. The van der Waals surface area contributed by atoms with Crippen LogP contribution in [0.5, 0.6) is 0 Å². The summed E-state index contributed by atoms with van der Waals surface area (Å²) in [5.41, 5.74) is 0.942. The molecule has 4 aliphatic carbocycles. The van der Waals surface area contributed by atoms with E-state index in [1.807, 2.05) is 0 Å². The fourth-order valence-electron chi connectivity index (χ4n) is 9.83. The SMILES string of the molecule is CC(C)CCC[C@@H](C)[C@H]1C(OCC(O)CO)C[C@H]2[C@@H]3CCC4CCCC[C@]4(C)[C@H]3CC[C@]12C. The van der Waals surface area contributed by atoms with Crippen LogP contribution in [0.3, 0.4) is 0 Å². The quantitative estimate of drug-likeness (QED) is 0.394. The van der Waals surface area contributed by atoms with Crippen molar-refractivity contribution in [2.24, 2.45) is 52.3 Å². The van der Waals surface area contributed by atoms with E-state index in [0.29, 0.717) is 22.7 Å². The summed E-state index contributed by atoms with van der Waals surface area (Å²) in [6.45, 7) is 12.5. The predicted octanol–water partition coefficient (Wildman–Crippen LogP) is 6.85. The molecule has 192 valence electrons. The minimum Gasteiger partial charge on any atom is -0.394 e. The van der Waals surface area contributed by atoms with E-state index >= 15 is 0 Å². The molecule has 0 bridgehead atoms. The highest BCUT2D eigenvalue weighted by molar-refractivity contribution is 5.11. The Kier molecular flexibility index (Phi) is 8.24. The van der Waals surface area contributed by atoms with Gasteiger partial charge in [-0.1, -0.05) is 66.7 Å². The lowest BCUT2D eigenvalue weighted by Crippen LogP contribution is -2.53. The molecule has 0 heterocycles. The van der Waals surface area contributed by atoms with Crippen LogP contribution in [-0.4, -0.2) is 35.6 Å². The van der Waals surface area contributed by atoms with E-state index < -0.39 is 6.10 Å². The zero-order chi connectivity index (χ0) is 23.8. The summed E-state index contributed by atoms with van der Waals surface area (Å²) in [6.07, 6.45) is 16.1. The minimum atomic E-state index is -0.748. The molecule has 0 aromatic heterocycles. The van der Waals surface area contributed by atoms with Crippen LogP contribution in [0.4, 0.5) is 0 Å². The first-order chi connectivity index (χ1) is 15.7. The fourth-order valence-corrected chi connectivity index (χ4v) is 9.83. The summed E-state index contributed by atoms with van der Waals surface area (Å²) in [5, 5.41) is 19.4. The van der Waals surface area contributed by atoms with Gasteiger partial charge < -0.3 is 14.9 Å². The Hall–Kier alpha value is -0.120. The molecule has 0 aromatic carbocycles. The highest BCUT2D eigenvalue weighted by Crippen LogP contribution is 2.68. The Balaban J connectivity index is 1.55. The van der Waals surface area contributed by atoms with Crippen LogP contribution >= 0.6 is 0 Å². The molecule has 33 heavy (non-hydrogen) atoms. The molecule has 4 rings (SSSR count). The molecule has 4 aliphatic rings. The second-order valence-corrected chi connectivity index (χ2v) is 13.7. The third kappa shape index (κ3) is 4.94. The maximum absolute atomic E-state index is 10.0. The molecule has 2 N–H and O–H groups in total. The lowest BCUT2D eigenvalue weighted by molar-refractivity contribution is -0.117. The topological polar surface area (TPSA) is 49.7 Å². The maximum atomic E-state index is 10.0. The third-order valence-electron chi connectivity index (χ3n) is 11.4. The number of hydrogen-bond acceptors (Lipinski definition) is 3. The highest BCUT2D eigenvalue weighted by Gasteiger charge is 2.62. The largest absolute Gasteiger partial charge is 0.394 e. The lowest BCUT2D eigenvalue weighted by Gasteiger charge is -2.60. The van der Waals surface area contributed by atoms with Gasteiger partial charge >= 0.3 is 0 Å². The molecule has 0 saturated heterocycles. The van der Waals surface area contributed by atoms with Crippen molar-refractivity contribution >= 4 is 0 Å². The Bertz CT molecular complexity index is 634. The average Bonchev–Trinajstić information content (AvgIpc) is 3.09. The summed E-state index contributed by atoms with van der Waals surface area (Å²) in [7, 11) is 0. The van der Waals surface area contributed by atoms with E-state index in [4.69, 9.17) is 4.74 Å². The standard InChI is InChI=1S/C30H54O3/c1-20(2)9-8-10-21(3)28-27(33-19-23(32)18-31)17-26-24-13-12-22-11-6-7-15-29(22,4)25(24)14-16-30(26,28)5/h20-28,31-32H,6-19H2,1-5H3/t21-,22?,23?,24-,25+,26+,27?,28+,29+,30+/m1/s1. The van der Waals surface area contributed by atoms with Crippen molar-refractivity contribution in [1.82, 2.24) is 0 Å². The molecule has 3 nitrogen and oxygen atoms in total. The van der Waals surface area contributed by atoms with Crippen LogP contribution in [0.15, 0.2) is 0 Å². The average molecular weight is 463 g/mol. The van der Waals surface area contributed by atoms with E-state index in [-0.39, 0.29) is 19.3 Å². The van der Waals surface area contributed by atoms with Crippen LogP contribution in [0.25, 0.3) is 0 Å². The summed E-state index contributed by atoms with van der Waals surface area (Å²) in [6, 6.07) is 0. The molecular weight excluding hydrogens is 408 g/mol. The molecule has 0 aromatic rings. The summed E-state index contributed by atoms with van der Waals surface area (Å²) in [5.74, 6) is 5.53. The van der Waals surface area contributed by atoms with Gasteiger partial charge in [-0.05, 0) is 97.2 Å². The molecule has 0 amide bonds. The van der Waals surface area contributed by atoms with E-state index in [0.717, 1.165) is 29.6 Å². The van der Waals surface area contributed by atoms with Crippen molar-refractivity contribution < 1.29 is 14.9 Å². The van der Waals surface area contributed by atoms with Gasteiger partial charge in [-0.25, -0.2) is 0 Å². The second kappa shape index (κ2) is 10.5. The number of aliphatic hydroxyl groups is 2. The van der Waals surface area contributed by atoms with Gasteiger partial charge in [-0.2, -0.15) is 0 Å². The molecule has 0 aliphatic heterocycles. The first kappa shape index (κ1) is 26.0. The molecule has 3 heteroatoms. The third-order valence-corrected chi connectivity index (χ3v) is 11.4. The van der Waals surface area contributed by atoms with Gasteiger partial charge in [0.05, 0.1) is 19.3 Å². The number of fused-ring (bicyclic) bond motifs is 5. The summed E-state index contributed by atoms with van der Waals surface area (Å²) < 4.78 is 6.48. The molecule has 4 fully saturated rings. The molecule has 10 atom stereocenters. The van der Waals surface area contributed by atoms with Gasteiger partial charge in [0, 0.05) is 0 Å². The maximum Gasteiger partial charge on any atom is 0.100 e. The predicted molar refractivity (Wildman–Crippen MR) is 136 cm³/mol. The molecule has 4 saturated carbocycles. The Morgan fingerprint density at radius 3 is 2.42 bits per heavy atom. The van der Waals surface area contributed by atoms with Crippen molar-refractivity contribution in [2.45, 2.75) is 124 Å². The molecule has 0 radical (unpaired) electrons. The zero-order valence-electron chi connectivity index (χ0n) is 22.4. The van der Waals surface area contributed by atoms with Crippen LogP contribution in [0.2, 0.25) is 0 Å². The van der Waals surface area contributed by atoms with Crippen LogP contribution in [0, 0.1) is 52.3 Å². The number of rotatable bonds is 9. The van der Waals surface area contributed by atoms with Gasteiger partial charge in [-0.15, -0.1) is 0 Å². The minimum absolute atomic E-state index is 0.202. The van der Waals surface area contributed by atoms with Gasteiger partial charge in [0.15, 0.2) is 0 Å². The van der Waals surface area contributed by atoms with E-state index in [2.05, 4.69) is 34.6 Å². The molecular formula is C30H54O3. The van der Waals surface area contributed by atoms with Gasteiger partial charge in [-0.3, -0.25) is 0 Å². The Morgan fingerprint density at radius 1 is 0.909 bits per heavy atom. The smallest absolute Gasteiger partial charge is 0.100 e. The van der Waals surface area contributed by atoms with Crippen molar-refractivity contribution in [3.8, 4) is 0 Å². The van der Waals surface area contributed by atoms with Gasteiger partial charge in [0.1, 0.15) is 6.10 Å². The zero-order valence-corrected chi connectivity index (χ0v) is 22.4. The number of aliphatic hydroxyl groups excluding tert-OH is 2.